The fourth-order valence-corrected chi connectivity index (χ4v) is 6.68. The minimum absolute atomic E-state index is 0.102. The molecule has 0 saturated heterocycles. The van der Waals surface area contributed by atoms with Crippen LogP contribution in [0.5, 0.6) is 17.2 Å². The zero-order valence-corrected chi connectivity index (χ0v) is 29.1. The van der Waals surface area contributed by atoms with Gasteiger partial charge in [-0.3, -0.25) is 13.9 Å². The third kappa shape index (κ3) is 9.29. The van der Waals surface area contributed by atoms with Gasteiger partial charge >= 0.3 is 0 Å². The van der Waals surface area contributed by atoms with Crippen LogP contribution in [0.1, 0.15) is 31.9 Å². The number of nitrogens with one attached hydrogen (secondary N) is 1. The molecule has 4 aromatic carbocycles. The lowest BCUT2D eigenvalue weighted by atomic mass is 10.0. The van der Waals surface area contributed by atoms with Gasteiger partial charge in [0.1, 0.15) is 24.2 Å². The van der Waals surface area contributed by atoms with Crippen LogP contribution in [0, 0.1) is 5.82 Å². The molecule has 0 saturated carbocycles. The van der Waals surface area contributed by atoms with Gasteiger partial charge in [0.2, 0.25) is 11.8 Å². The highest BCUT2D eigenvalue weighted by atomic mass is 32.2. The Morgan fingerprint density at radius 1 is 0.857 bits per heavy atom. The van der Waals surface area contributed by atoms with Crippen LogP contribution in [0.2, 0.25) is 0 Å². The minimum atomic E-state index is -4.44. The molecular formula is C37H42FN3O7S. The number of benzene rings is 4. The number of hydrogen-bond donors (Lipinski definition) is 1. The van der Waals surface area contributed by atoms with Crippen molar-refractivity contribution in [3.05, 3.63) is 114 Å². The number of carbonyl (C=O) groups is 2. The predicted molar refractivity (Wildman–Crippen MR) is 186 cm³/mol. The predicted octanol–water partition coefficient (Wildman–Crippen LogP) is 5.60. The molecule has 0 fully saturated rings. The lowest BCUT2D eigenvalue weighted by Crippen LogP contribution is -2.54. The van der Waals surface area contributed by atoms with Crippen LogP contribution in [-0.4, -0.2) is 64.6 Å². The molecule has 0 aliphatic carbocycles. The highest BCUT2D eigenvalue weighted by Gasteiger charge is 2.35. The van der Waals surface area contributed by atoms with E-state index in [0.717, 1.165) is 9.87 Å². The van der Waals surface area contributed by atoms with Crippen LogP contribution in [0.4, 0.5) is 10.1 Å². The maximum Gasteiger partial charge on any atom is 0.264 e. The molecule has 1 atom stereocenters. The van der Waals surface area contributed by atoms with Crippen LogP contribution >= 0.6 is 0 Å². The third-order valence-electron chi connectivity index (χ3n) is 7.66. The van der Waals surface area contributed by atoms with E-state index >= 15 is 4.39 Å². The Bertz CT molecular complexity index is 1820. The SMILES string of the molecule is CCOc1ccc(N(CC(=O)N(Cc2ccccc2F)[C@@H](Cc2ccccc2)C(=O)NC(C)C)S(=O)(=O)c2ccc(OC)c(OC)c2)cc1. The standard InChI is InChI=1S/C37H42FN3O7S/c1-6-48-30-18-16-29(17-19-30)41(49(44,45)31-20-21-34(46-4)35(23-31)47-5)25-36(42)40(24-28-14-10-11-15-32(28)38)33(37(43)39-26(2)3)22-27-12-8-7-9-13-27/h7-21,23,26,33H,6,22,24-25H2,1-5H3,(H,39,43)/t33-/m0/s1. The molecule has 10 nitrogen and oxygen atoms in total. The molecule has 2 amide bonds. The Morgan fingerprint density at radius 2 is 1.51 bits per heavy atom. The van der Waals surface area contributed by atoms with E-state index in [4.69, 9.17) is 14.2 Å². The summed E-state index contributed by atoms with van der Waals surface area (Å²) in [6, 6.07) is 24.1. The van der Waals surface area contributed by atoms with E-state index < -0.39 is 40.2 Å². The fourth-order valence-electron chi connectivity index (χ4n) is 5.25. The van der Waals surface area contributed by atoms with Gasteiger partial charge in [0.05, 0.1) is 31.4 Å². The quantitative estimate of drug-likeness (QED) is 0.163. The molecule has 12 heteroatoms. The lowest BCUT2D eigenvalue weighted by molar-refractivity contribution is -0.140. The van der Waals surface area contributed by atoms with Crippen LogP contribution in [0.15, 0.2) is 102 Å². The Labute approximate surface area is 287 Å². The summed E-state index contributed by atoms with van der Waals surface area (Å²) in [4.78, 5) is 29.5. The zero-order chi connectivity index (χ0) is 35.6. The number of methoxy groups -OCH3 is 2. The zero-order valence-electron chi connectivity index (χ0n) is 28.3. The number of amides is 2. The van der Waals surface area contributed by atoms with E-state index in [0.29, 0.717) is 18.1 Å². The number of rotatable bonds is 16. The summed E-state index contributed by atoms with van der Waals surface area (Å²) in [5.74, 6) is -0.739. The van der Waals surface area contributed by atoms with Crippen LogP contribution in [0.25, 0.3) is 0 Å². The van der Waals surface area contributed by atoms with Gasteiger partial charge in [-0.1, -0.05) is 48.5 Å². The summed E-state index contributed by atoms with van der Waals surface area (Å²) in [5.41, 5.74) is 1.10. The first-order valence-electron chi connectivity index (χ1n) is 15.8. The summed E-state index contributed by atoms with van der Waals surface area (Å²) >= 11 is 0. The molecule has 0 spiro atoms. The van der Waals surface area contributed by atoms with Gasteiger partial charge in [-0.05, 0) is 68.8 Å². The second-order valence-corrected chi connectivity index (χ2v) is 13.3. The summed E-state index contributed by atoms with van der Waals surface area (Å²) in [5, 5.41) is 2.88. The maximum absolute atomic E-state index is 15.1. The van der Waals surface area contributed by atoms with Crippen molar-refractivity contribution >= 4 is 27.5 Å². The number of hydrogen-bond acceptors (Lipinski definition) is 7. The molecule has 0 unspecified atom stereocenters. The van der Waals surface area contributed by atoms with E-state index in [1.165, 1.54) is 67.7 Å². The largest absolute Gasteiger partial charge is 0.494 e. The molecule has 0 radical (unpaired) electrons. The van der Waals surface area contributed by atoms with Gasteiger partial charge in [0.15, 0.2) is 11.5 Å². The molecule has 0 heterocycles. The van der Waals surface area contributed by atoms with Gasteiger partial charge in [-0.15, -0.1) is 0 Å². The molecular weight excluding hydrogens is 649 g/mol. The maximum atomic E-state index is 15.1. The normalized spacial score (nSPS) is 11.8. The van der Waals surface area contributed by atoms with Crippen LogP contribution < -0.4 is 23.8 Å². The van der Waals surface area contributed by atoms with Crippen LogP contribution in [-0.2, 0) is 32.6 Å². The lowest BCUT2D eigenvalue weighted by Gasteiger charge is -2.34. The Morgan fingerprint density at radius 3 is 2.12 bits per heavy atom. The molecule has 49 heavy (non-hydrogen) atoms. The second kappa shape index (κ2) is 16.8. The second-order valence-electron chi connectivity index (χ2n) is 11.4. The molecule has 1 N–H and O–H groups in total. The Hall–Kier alpha value is -5.10. The molecule has 4 aromatic rings. The summed E-state index contributed by atoms with van der Waals surface area (Å²) < 4.78 is 61.1. The van der Waals surface area contributed by atoms with E-state index in [2.05, 4.69) is 5.32 Å². The van der Waals surface area contributed by atoms with Gasteiger partial charge in [-0.25, -0.2) is 12.8 Å². The number of sulfonamides is 1. The van der Waals surface area contributed by atoms with E-state index in [1.807, 2.05) is 37.3 Å². The average Bonchev–Trinajstić information content (AvgIpc) is 3.09. The number of anilines is 1. The topological polar surface area (TPSA) is 114 Å². The number of ether oxygens (including phenoxy) is 3. The highest BCUT2D eigenvalue weighted by Crippen LogP contribution is 2.33. The molecule has 260 valence electrons. The molecule has 0 aliphatic heterocycles. The van der Waals surface area contributed by atoms with E-state index in [-0.39, 0.29) is 40.9 Å². The van der Waals surface area contributed by atoms with Gasteiger partial charge < -0.3 is 24.4 Å². The average molecular weight is 692 g/mol. The van der Waals surface area contributed by atoms with Gasteiger partial charge in [0.25, 0.3) is 10.0 Å². The van der Waals surface area contributed by atoms with Crippen molar-refractivity contribution in [3.8, 4) is 17.2 Å². The molecule has 0 aliphatic rings. The smallest absolute Gasteiger partial charge is 0.264 e. The van der Waals surface area contributed by atoms with Crippen molar-refractivity contribution < 1.29 is 36.6 Å². The van der Waals surface area contributed by atoms with Crippen molar-refractivity contribution in [2.45, 2.75) is 50.7 Å². The first-order chi connectivity index (χ1) is 23.5. The third-order valence-corrected chi connectivity index (χ3v) is 9.43. The van der Waals surface area contributed by atoms with E-state index in [1.54, 1.807) is 32.0 Å². The minimum Gasteiger partial charge on any atom is -0.494 e. The number of halogens is 1. The van der Waals surface area contributed by atoms with Crippen molar-refractivity contribution in [1.29, 1.82) is 0 Å². The first kappa shape index (κ1) is 36.7. The van der Waals surface area contributed by atoms with Gasteiger partial charge in [0, 0.05) is 30.6 Å². The summed E-state index contributed by atoms with van der Waals surface area (Å²) in [7, 11) is -1.62. The van der Waals surface area contributed by atoms with Crippen molar-refractivity contribution in [2.75, 3.05) is 31.7 Å². The van der Waals surface area contributed by atoms with E-state index in [9.17, 15) is 18.0 Å². The number of carbonyl (C=O) groups excluding carboxylic acids is 2. The summed E-state index contributed by atoms with van der Waals surface area (Å²) in [6.45, 7) is 4.82. The molecule has 4 rings (SSSR count). The Balaban J connectivity index is 1.84. The fraction of sp³-hybridized carbons (Fsp3) is 0.297. The Kier molecular flexibility index (Phi) is 12.6. The first-order valence-corrected chi connectivity index (χ1v) is 17.3. The molecule has 0 aromatic heterocycles. The summed E-state index contributed by atoms with van der Waals surface area (Å²) in [6.07, 6.45) is 0.102. The van der Waals surface area contributed by atoms with Crippen molar-refractivity contribution in [3.63, 3.8) is 0 Å². The molecule has 0 bridgehead atoms. The van der Waals surface area contributed by atoms with Gasteiger partial charge in [-0.2, -0.15) is 0 Å². The van der Waals surface area contributed by atoms with Crippen molar-refractivity contribution in [1.82, 2.24) is 10.2 Å². The van der Waals surface area contributed by atoms with Crippen molar-refractivity contribution in [2.24, 2.45) is 0 Å². The van der Waals surface area contributed by atoms with Crippen LogP contribution in [0.3, 0.4) is 0 Å². The number of nitrogens with zero attached hydrogens (tertiary/aromatic N) is 2. The monoisotopic (exact) mass is 691 g/mol. The highest BCUT2D eigenvalue weighted by molar-refractivity contribution is 7.92.